The lowest BCUT2D eigenvalue weighted by molar-refractivity contribution is -0.136. The van der Waals surface area contributed by atoms with E-state index in [0.717, 1.165) is 0 Å². The van der Waals surface area contributed by atoms with E-state index in [4.69, 9.17) is 4.74 Å². The van der Waals surface area contributed by atoms with E-state index in [2.05, 4.69) is 15.4 Å². The van der Waals surface area contributed by atoms with Crippen molar-refractivity contribution >= 4 is 11.9 Å². The number of urea groups is 1. The van der Waals surface area contributed by atoms with Crippen LogP contribution in [0.5, 0.6) is 0 Å². The Bertz CT molecular complexity index is 572. The molecule has 0 bridgehead atoms. The molecule has 0 radical (unpaired) electrons. The molecular weight excluding hydrogens is 312 g/mol. The Hall–Kier alpha value is -2.16. The van der Waals surface area contributed by atoms with Gasteiger partial charge in [0.1, 0.15) is 18.8 Å². The van der Waals surface area contributed by atoms with E-state index in [1.54, 1.807) is 14.5 Å². The zero-order valence-electron chi connectivity index (χ0n) is 14.8. The number of amides is 3. The number of nitrogens with one attached hydrogen (secondary N) is 1. The minimum absolute atomic E-state index is 0.0455. The fraction of sp³-hybridized carbons (Fsp3) is 0.733. The third kappa shape index (κ3) is 4.44. The Kier molecular flexibility index (Phi) is 5.76. The third-order valence-electron chi connectivity index (χ3n) is 3.84. The van der Waals surface area contributed by atoms with Gasteiger partial charge in [-0.05, 0) is 20.8 Å². The predicted octanol–water partition coefficient (Wildman–Crippen LogP) is 0.0333. The van der Waals surface area contributed by atoms with E-state index < -0.39 is 0 Å². The number of carbonyl (C=O) groups is 2. The second-order valence-corrected chi connectivity index (χ2v) is 6.72. The van der Waals surface area contributed by atoms with Crippen LogP contribution in [0.25, 0.3) is 0 Å². The molecule has 0 aliphatic carbocycles. The predicted molar refractivity (Wildman–Crippen MR) is 87.3 cm³/mol. The van der Waals surface area contributed by atoms with Crippen molar-refractivity contribution < 1.29 is 14.3 Å². The third-order valence-corrected chi connectivity index (χ3v) is 3.84. The number of ether oxygens (including phenoxy) is 1. The topological polar surface area (TPSA) is 92.6 Å². The van der Waals surface area contributed by atoms with Gasteiger partial charge >= 0.3 is 6.03 Å². The van der Waals surface area contributed by atoms with Crippen LogP contribution in [0.15, 0.2) is 6.33 Å². The van der Waals surface area contributed by atoms with Crippen molar-refractivity contribution in [1.82, 2.24) is 29.9 Å². The van der Waals surface area contributed by atoms with E-state index in [1.807, 2.05) is 20.8 Å². The van der Waals surface area contributed by atoms with Crippen molar-refractivity contribution in [3.8, 4) is 0 Å². The molecule has 134 valence electrons. The van der Waals surface area contributed by atoms with Crippen LogP contribution in [0.1, 0.15) is 26.6 Å². The second kappa shape index (κ2) is 7.61. The number of hydrogen-bond acceptors (Lipinski definition) is 5. The summed E-state index contributed by atoms with van der Waals surface area (Å²) in [4.78, 5) is 31.7. The van der Waals surface area contributed by atoms with E-state index >= 15 is 0 Å². The molecular formula is C15H26N6O3. The standard InChI is InChI=1S/C15H26N6O3/c1-15(2,3)21-12(17-11-18-21)9-16-14(23)20-7-5-19(6-8-20)13(22)10-24-4/h11H,5-10H2,1-4H3,(H,16,23). The molecule has 1 aliphatic rings. The van der Waals surface area contributed by atoms with E-state index in [-0.39, 0.29) is 24.1 Å². The van der Waals surface area contributed by atoms with Crippen LogP contribution >= 0.6 is 0 Å². The lowest BCUT2D eigenvalue weighted by atomic mass is 10.1. The molecule has 1 aromatic heterocycles. The lowest BCUT2D eigenvalue weighted by Gasteiger charge is -2.34. The number of rotatable bonds is 4. The van der Waals surface area contributed by atoms with Gasteiger partial charge < -0.3 is 19.9 Å². The summed E-state index contributed by atoms with van der Waals surface area (Å²) in [5.41, 5.74) is -0.191. The molecule has 1 fully saturated rings. The van der Waals surface area contributed by atoms with Crippen molar-refractivity contribution in [2.45, 2.75) is 32.9 Å². The Morgan fingerprint density at radius 2 is 1.83 bits per heavy atom. The zero-order chi connectivity index (χ0) is 17.7. The number of carbonyl (C=O) groups excluding carboxylic acids is 2. The van der Waals surface area contributed by atoms with E-state index in [1.165, 1.54) is 13.4 Å². The molecule has 3 amide bonds. The van der Waals surface area contributed by atoms with Crippen LogP contribution in [-0.4, -0.2) is 76.4 Å². The Balaban J connectivity index is 1.83. The van der Waals surface area contributed by atoms with Crippen molar-refractivity contribution in [3.63, 3.8) is 0 Å². The highest BCUT2D eigenvalue weighted by Crippen LogP contribution is 2.13. The molecule has 0 aromatic carbocycles. The minimum atomic E-state index is -0.191. The first-order valence-electron chi connectivity index (χ1n) is 8.02. The van der Waals surface area contributed by atoms with Crippen LogP contribution in [0.3, 0.4) is 0 Å². The van der Waals surface area contributed by atoms with Gasteiger partial charge in [-0.15, -0.1) is 0 Å². The van der Waals surface area contributed by atoms with Gasteiger partial charge in [0.15, 0.2) is 0 Å². The number of methoxy groups -OCH3 is 1. The molecule has 0 spiro atoms. The Labute approximate surface area is 142 Å². The van der Waals surface area contributed by atoms with Crippen molar-refractivity contribution in [1.29, 1.82) is 0 Å². The van der Waals surface area contributed by atoms with Gasteiger partial charge in [0, 0.05) is 33.3 Å². The molecule has 1 N–H and O–H groups in total. The number of nitrogens with zero attached hydrogens (tertiary/aromatic N) is 5. The van der Waals surface area contributed by atoms with Gasteiger partial charge in [-0.1, -0.05) is 0 Å². The molecule has 2 heterocycles. The van der Waals surface area contributed by atoms with Gasteiger partial charge in [-0.3, -0.25) is 4.79 Å². The number of aromatic nitrogens is 3. The highest BCUT2D eigenvalue weighted by Gasteiger charge is 2.24. The summed E-state index contributed by atoms with van der Waals surface area (Å²) in [7, 11) is 1.50. The summed E-state index contributed by atoms with van der Waals surface area (Å²) in [5.74, 6) is 0.667. The average molecular weight is 338 g/mol. The second-order valence-electron chi connectivity index (χ2n) is 6.72. The number of hydrogen-bond donors (Lipinski definition) is 1. The fourth-order valence-corrected chi connectivity index (χ4v) is 2.59. The van der Waals surface area contributed by atoms with Crippen LogP contribution in [-0.2, 0) is 21.6 Å². The van der Waals surface area contributed by atoms with Crippen molar-refractivity contribution in [2.24, 2.45) is 0 Å². The largest absolute Gasteiger partial charge is 0.375 e. The summed E-state index contributed by atoms with van der Waals surface area (Å²) in [6, 6.07) is -0.155. The van der Waals surface area contributed by atoms with Crippen molar-refractivity contribution in [3.05, 3.63) is 12.2 Å². The first kappa shape index (κ1) is 18.2. The molecule has 9 heteroatoms. The highest BCUT2D eigenvalue weighted by molar-refractivity contribution is 5.78. The van der Waals surface area contributed by atoms with Gasteiger partial charge in [0.05, 0.1) is 12.1 Å². The van der Waals surface area contributed by atoms with Gasteiger partial charge in [0.25, 0.3) is 0 Å². The summed E-state index contributed by atoms with van der Waals surface area (Å²) in [6.45, 7) is 8.55. The van der Waals surface area contributed by atoms with Crippen LogP contribution in [0, 0.1) is 0 Å². The highest BCUT2D eigenvalue weighted by atomic mass is 16.5. The van der Waals surface area contributed by atoms with Gasteiger partial charge in [-0.25, -0.2) is 14.5 Å². The maximum atomic E-state index is 12.3. The number of piperazine rings is 1. The first-order chi connectivity index (χ1) is 11.3. The van der Waals surface area contributed by atoms with Crippen LogP contribution in [0.4, 0.5) is 4.79 Å². The first-order valence-corrected chi connectivity index (χ1v) is 8.02. The van der Waals surface area contributed by atoms with E-state index in [9.17, 15) is 9.59 Å². The quantitative estimate of drug-likeness (QED) is 0.836. The van der Waals surface area contributed by atoms with Crippen LogP contribution in [0.2, 0.25) is 0 Å². The van der Waals surface area contributed by atoms with Crippen LogP contribution < -0.4 is 5.32 Å². The normalized spacial score (nSPS) is 15.5. The molecule has 2 rings (SSSR count). The summed E-state index contributed by atoms with van der Waals surface area (Å²) >= 11 is 0. The van der Waals surface area contributed by atoms with Gasteiger partial charge in [0.2, 0.25) is 5.91 Å². The van der Waals surface area contributed by atoms with Crippen molar-refractivity contribution in [2.75, 3.05) is 39.9 Å². The maximum Gasteiger partial charge on any atom is 0.317 e. The van der Waals surface area contributed by atoms with E-state index in [0.29, 0.717) is 38.5 Å². The fourth-order valence-electron chi connectivity index (χ4n) is 2.59. The molecule has 0 unspecified atom stereocenters. The molecule has 1 saturated heterocycles. The summed E-state index contributed by atoms with van der Waals surface area (Å²) < 4.78 is 6.65. The molecule has 9 nitrogen and oxygen atoms in total. The molecule has 1 aliphatic heterocycles. The monoisotopic (exact) mass is 338 g/mol. The molecule has 0 saturated carbocycles. The summed E-state index contributed by atoms with van der Waals surface area (Å²) in [5, 5.41) is 7.08. The maximum absolute atomic E-state index is 12.3. The van der Waals surface area contributed by atoms with Gasteiger partial charge in [-0.2, -0.15) is 5.10 Å². The average Bonchev–Trinajstić information content (AvgIpc) is 3.02. The minimum Gasteiger partial charge on any atom is -0.375 e. The Morgan fingerprint density at radius 1 is 1.21 bits per heavy atom. The Morgan fingerprint density at radius 3 is 2.42 bits per heavy atom. The molecule has 24 heavy (non-hydrogen) atoms. The zero-order valence-corrected chi connectivity index (χ0v) is 14.8. The lowest BCUT2D eigenvalue weighted by Crippen LogP contribution is -2.53. The SMILES string of the molecule is COCC(=O)N1CCN(C(=O)NCc2ncnn2C(C)(C)C)CC1. The summed E-state index contributed by atoms with van der Waals surface area (Å²) in [6.07, 6.45) is 1.49. The smallest absolute Gasteiger partial charge is 0.317 e. The molecule has 0 atom stereocenters. The molecule has 1 aromatic rings.